The van der Waals surface area contributed by atoms with Crippen LogP contribution >= 0.6 is 11.6 Å². The number of hydrogen-bond acceptors (Lipinski definition) is 5. The summed E-state index contributed by atoms with van der Waals surface area (Å²) in [5, 5.41) is 7.43. The Bertz CT molecular complexity index is 1170. The van der Waals surface area contributed by atoms with Crippen LogP contribution in [0.3, 0.4) is 0 Å². The van der Waals surface area contributed by atoms with Crippen molar-refractivity contribution in [2.75, 3.05) is 12.0 Å². The second-order valence-electron chi connectivity index (χ2n) is 6.67. The molecule has 10 heteroatoms. The minimum absolute atomic E-state index is 0.133. The average Bonchev–Trinajstić information content (AvgIpc) is 3.23. The Morgan fingerprint density at radius 3 is 2.67 bits per heavy atom. The highest BCUT2D eigenvalue weighted by Gasteiger charge is 2.33. The number of rotatable bonds is 6. The maximum Gasteiger partial charge on any atom is 0.354 e. The van der Waals surface area contributed by atoms with Gasteiger partial charge in [-0.3, -0.25) is 9.69 Å². The van der Waals surface area contributed by atoms with E-state index in [-0.39, 0.29) is 25.5 Å². The van der Waals surface area contributed by atoms with E-state index >= 15 is 0 Å². The topological polar surface area (TPSA) is 98.5 Å². The highest BCUT2D eigenvalue weighted by atomic mass is 35.5. The van der Waals surface area contributed by atoms with Crippen LogP contribution in [0, 0.1) is 0 Å². The molecule has 1 aliphatic heterocycles. The number of carbonyl (C=O) groups excluding carboxylic acids is 2. The molecule has 4 rings (SSSR count). The molecule has 9 nitrogen and oxygen atoms in total. The van der Waals surface area contributed by atoms with Gasteiger partial charge in [0.2, 0.25) is 5.91 Å². The highest BCUT2D eigenvalue weighted by molar-refractivity contribution is 6.30. The van der Waals surface area contributed by atoms with Crippen molar-refractivity contribution in [1.29, 1.82) is 0 Å². The molecule has 2 amide bonds. The number of anilines is 1. The van der Waals surface area contributed by atoms with E-state index in [4.69, 9.17) is 16.3 Å². The number of methoxy groups -OCH3 is 1. The lowest BCUT2D eigenvalue weighted by molar-refractivity contribution is -0.122. The molecular weight excluding hydrogens is 410 g/mol. The summed E-state index contributed by atoms with van der Waals surface area (Å²) in [5.74, 6) is 0.575. The molecule has 0 saturated carbocycles. The SMILES string of the molecule is COc1cccc(CNC(=O)Cn2nc3n(c2=O)C(=O)N(c2ccc(Cl)cc2)C3)c1. The van der Waals surface area contributed by atoms with Gasteiger partial charge in [-0.05, 0) is 42.0 Å². The van der Waals surface area contributed by atoms with Crippen molar-refractivity contribution < 1.29 is 14.3 Å². The molecule has 2 aromatic carbocycles. The number of amides is 2. The quantitative estimate of drug-likeness (QED) is 0.648. The van der Waals surface area contributed by atoms with E-state index in [2.05, 4.69) is 10.4 Å². The van der Waals surface area contributed by atoms with Gasteiger partial charge in [-0.2, -0.15) is 9.67 Å². The fraction of sp³-hybridized carbons (Fsp3) is 0.200. The fourth-order valence-electron chi connectivity index (χ4n) is 3.18. The van der Waals surface area contributed by atoms with Crippen LogP contribution in [0.2, 0.25) is 5.02 Å². The normalized spacial score (nSPS) is 12.7. The van der Waals surface area contributed by atoms with E-state index in [0.29, 0.717) is 16.5 Å². The molecular formula is C20H18ClN5O4. The van der Waals surface area contributed by atoms with Crippen LogP contribution in [0.5, 0.6) is 5.75 Å². The molecule has 0 atom stereocenters. The zero-order valence-electron chi connectivity index (χ0n) is 16.0. The summed E-state index contributed by atoms with van der Waals surface area (Å²) in [6.07, 6.45) is 0. The van der Waals surface area contributed by atoms with Gasteiger partial charge in [0.25, 0.3) is 0 Å². The Morgan fingerprint density at radius 2 is 1.97 bits per heavy atom. The summed E-state index contributed by atoms with van der Waals surface area (Å²) in [4.78, 5) is 38.9. The lowest BCUT2D eigenvalue weighted by Crippen LogP contribution is -2.37. The van der Waals surface area contributed by atoms with Gasteiger partial charge in [-0.15, -0.1) is 0 Å². The van der Waals surface area contributed by atoms with Gasteiger partial charge in [0.05, 0.1) is 13.7 Å². The summed E-state index contributed by atoms with van der Waals surface area (Å²) in [6, 6.07) is 13.5. The van der Waals surface area contributed by atoms with E-state index in [1.165, 1.54) is 4.90 Å². The van der Waals surface area contributed by atoms with E-state index < -0.39 is 17.6 Å². The van der Waals surface area contributed by atoms with Crippen molar-refractivity contribution in [2.45, 2.75) is 19.6 Å². The highest BCUT2D eigenvalue weighted by Crippen LogP contribution is 2.23. The molecule has 2 heterocycles. The maximum absolute atomic E-state index is 12.7. The van der Waals surface area contributed by atoms with Gasteiger partial charge in [-0.25, -0.2) is 14.3 Å². The largest absolute Gasteiger partial charge is 0.497 e. The smallest absolute Gasteiger partial charge is 0.354 e. The molecule has 0 fully saturated rings. The van der Waals surface area contributed by atoms with Crippen LogP contribution in [0.25, 0.3) is 0 Å². The van der Waals surface area contributed by atoms with Crippen LogP contribution in [0.15, 0.2) is 53.3 Å². The first-order valence-corrected chi connectivity index (χ1v) is 9.50. The molecule has 30 heavy (non-hydrogen) atoms. The second kappa shape index (κ2) is 8.03. The molecule has 0 spiro atoms. The van der Waals surface area contributed by atoms with Gasteiger partial charge in [0, 0.05) is 17.3 Å². The minimum atomic E-state index is -0.650. The third-order valence-electron chi connectivity index (χ3n) is 4.68. The molecule has 1 aliphatic rings. The Morgan fingerprint density at radius 1 is 1.20 bits per heavy atom. The Labute approximate surface area is 176 Å². The summed E-state index contributed by atoms with van der Waals surface area (Å²) in [6.45, 7) is 0.132. The first-order chi connectivity index (χ1) is 14.5. The number of fused-ring (bicyclic) bond motifs is 1. The van der Waals surface area contributed by atoms with Gasteiger partial charge >= 0.3 is 11.7 Å². The maximum atomic E-state index is 12.7. The second-order valence-corrected chi connectivity index (χ2v) is 7.10. The Kier molecular flexibility index (Phi) is 5.28. The molecule has 0 radical (unpaired) electrons. The molecule has 1 N–H and O–H groups in total. The minimum Gasteiger partial charge on any atom is -0.497 e. The van der Waals surface area contributed by atoms with Crippen molar-refractivity contribution in [1.82, 2.24) is 19.7 Å². The predicted octanol–water partition coefficient (Wildman–Crippen LogP) is 2.01. The first kappa shape index (κ1) is 19.7. The number of nitrogens with one attached hydrogen (secondary N) is 1. The number of benzene rings is 2. The lowest BCUT2D eigenvalue weighted by Gasteiger charge is -2.14. The molecule has 1 aromatic heterocycles. The van der Waals surface area contributed by atoms with Crippen LogP contribution in [0.1, 0.15) is 11.4 Å². The number of ether oxygens (including phenoxy) is 1. The van der Waals surface area contributed by atoms with Crippen molar-refractivity contribution in [3.8, 4) is 5.75 Å². The van der Waals surface area contributed by atoms with Gasteiger partial charge in [-0.1, -0.05) is 23.7 Å². The Hall–Kier alpha value is -3.59. The van der Waals surface area contributed by atoms with Crippen molar-refractivity contribution in [2.24, 2.45) is 0 Å². The van der Waals surface area contributed by atoms with Crippen LogP contribution in [0.4, 0.5) is 10.5 Å². The molecule has 0 unspecified atom stereocenters. The van der Waals surface area contributed by atoms with Crippen molar-refractivity contribution >= 4 is 29.2 Å². The molecule has 0 bridgehead atoms. The summed E-state index contributed by atoms with van der Waals surface area (Å²) in [5.41, 5.74) is 0.816. The standard InChI is InChI=1S/C20H18ClN5O4/c1-30-16-4-2-3-13(9-16)10-22-18(27)12-25-20(29)26-17(23-25)11-24(19(26)28)15-7-5-14(21)6-8-15/h2-9H,10-12H2,1H3,(H,22,27). The third kappa shape index (κ3) is 3.79. The fourth-order valence-corrected chi connectivity index (χ4v) is 3.30. The number of carbonyl (C=O) groups is 2. The van der Waals surface area contributed by atoms with Crippen LogP contribution in [-0.4, -0.2) is 33.4 Å². The summed E-state index contributed by atoms with van der Waals surface area (Å²) < 4.78 is 7.12. The van der Waals surface area contributed by atoms with Crippen LogP contribution in [-0.2, 0) is 24.4 Å². The van der Waals surface area contributed by atoms with Crippen LogP contribution < -0.4 is 20.6 Å². The van der Waals surface area contributed by atoms with E-state index in [1.54, 1.807) is 31.4 Å². The van der Waals surface area contributed by atoms with Gasteiger partial charge < -0.3 is 10.1 Å². The van der Waals surface area contributed by atoms with Gasteiger partial charge in [0.15, 0.2) is 5.82 Å². The first-order valence-electron chi connectivity index (χ1n) is 9.12. The number of halogens is 1. The zero-order valence-corrected chi connectivity index (χ0v) is 16.8. The molecule has 3 aromatic rings. The molecule has 0 saturated heterocycles. The van der Waals surface area contributed by atoms with Crippen molar-refractivity contribution in [3.63, 3.8) is 0 Å². The van der Waals surface area contributed by atoms with E-state index in [9.17, 15) is 14.4 Å². The average molecular weight is 428 g/mol. The molecule has 154 valence electrons. The van der Waals surface area contributed by atoms with Crippen molar-refractivity contribution in [3.05, 3.63) is 75.4 Å². The lowest BCUT2D eigenvalue weighted by atomic mass is 10.2. The summed E-state index contributed by atoms with van der Waals surface area (Å²) >= 11 is 5.88. The predicted molar refractivity (Wildman–Crippen MR) is 110 cm³/mol. The zero-order chi connectivity index (χ0) is 21.3. The Balaban J connectivity index is 1.43. The van der Waals surface area contributed by atoms with E-state index in [0.717, 1.165) is 14.8 Å². The third-order valence-corrected chi connectivity index (χ3v) is 4.94. The molecule has 0 aliphatic carbocycles. The number of hydrogen-bond donors (Lipinski definition) is 1. The number of aromatic nitrogens is 3. The number of nitrogens with zero attached hydrogens (tertiary/aromatic N) is 4. The van der Waals surface area contributed by atoms with E-state index in [1.807, 2.05) is 24.3 Å². The van der Waals surface area contributed by atoms with Gasteiger partial charge in [0.1, 0.15) is 12.3 Å². The monoisotopic (exact) mass is 427 g/mol. The summed E-state index contributed by atoms with van der Waals surface area (Å²) in [7, 11) is 1.57.